The van der Waals surface area contributed by atoms with E-state index in [1.165, 1.54) is 7.05 Å². The van der Waals surface area contributed by atoms with Crippen molar-refractivity contribution in [3.63, 3.8) is 0 Å². The van der Waals surface area contributed by atoms with Crippen LogP contribution in [0.25, 0.3) is 0 Å². The van der Waals surface area contributed by atoms with E-state index >= 15 is 0 Å². The molecule has 0 aliphatic rings. The van der Waals surface area contributed by atoms with Crippen LogP contribution in [-0.4, -0.2) is 53.2 Å². The molecular weight excluding hydrogens is 258 g/mol. The minimum Gasteiger partial charge on any atom is -0.396 e. The van der Waals surface area contributed by atoms with Crippen LogP contribution < -0.4 is 4.72 Å². The fourth-order valence-corrected chi connectivity index (χ4v) is 1.95. The summed E-state index contributed by atoms with van der Waals surface area (Å²) in [5.74, 6) is -0.0612. The van der Waals surface area contributed by atoms with E-state index in [1.54, 1.807) is 13.8 Å². The highest BCUT2D eigenvalue weighted by atomic mass is 32.2. The van der Waals surface area contributed by atoms with Crippen molar-refractivity contribution < 1.29 is 13.5 Å². The van der Waals surface area contributed by atoms with Gasteiger partial charge >= 0.3 is 10.2 Å². The van der Waals surface area contributed by atoms with Crippen LogP contribution in [0, 0.1) is 13.8 Å². The molecule has 8 nitrogen and oxygen atoms in total. The third-order valence-corrected chi connectivity index (χ3v) is 3.80. The summed E-state index contributed by atoms with van der Waals surface area (Å²) >= 11 is 0. The summed E-state index contributed by atoms with van der Waals surface area (Å²) in [5.41, 5.74) is 1.26. The van der Waals surface area contributed by atoms with E-state index in [1.807, 2.05) is 0 Å². The Hall–Kier alpha value is -1.32. The van der Waals surface area contributed by atoms with Crippen molar-refractivity contribution in [1.29, 1.82) is 0 Å². The van der Waals surface area contributed by atoms with Crippen molar-refractivity contribution >= 4 is 16.2 Å². The van der Waals surface area contributed by atoms with Gasteiger partial charge in [0.15, 0.2) is 0 Å². The van der Waals surface area contributed by atoms with Gasteiger partial charge in [0.2, 0.25) is 0 Å². The van der Waals surface area contributed by atoms with Gasteiger partial charge in [0.25, 0.3) is 5.95 Å². The van der Waals surface area contributed by atoms with Gasteiger partial charge in [-0.05, 0) is 20.3 Å². The summed E-state index contributed by atoms with van der Waals surface area (Å²) < 4.78 is 27.0. The highest BCUT2D eigenvalue weighted by Crippen LogP contribution is 2.06. The van der Waals surface area contributed by atoms with Crippen LogP contribution in [0.3, 0.4) is 0 Å². The van der Waals surface area contributed by atoms with Crippen LogP contribution in [-0.2, 0) is 10.2 Å². The highest BCUT2D eigenvalue weighted by molar-refractivity contribution is 7.90. The minimum absolute atomic E-state index is 0.0612. The smallest absolute Gasteiger partial charge is 0.303 e. The normalized spacial score (nSPS) is 11.8. The molecule has 0 fully saturated rings. The van der Waals surface area contributed by atoms with E-state index in [4.69, 9.17) is 5.11 Å². The Morgan fingerprint density at radius 1 is 1.28 bits per heavy atom. The number of aromatic nitrogens is 3. The van der Waals surface area contributed by atoms with Crippen molar-refractivity contribution in [1.82, 2.24) is 19.5 Å². The molecule has 1 aromatic rings. The van der Waals surface area contributed by atoms with Crippen LogP contribution in [0.1, 0.15) is 17.8 Å². The molecule has 0 bridgehead atoms. The van der Waals surface area contributed by atoms with E-state index in [0.717, 1.165) is 4.31 Å². The number of nitrogens with one attached hydrogen (secondary N) is 1. The van der Waals surface area contributed by atoms with Gasteiger partial charge in [-0.15, -0.1) is 5.10 Å². The van der Waals surface area contributed by atoms with E-state index < -0.39 is 10.2 Å². The average molecular weight is 275 g/mol. The number of rotatable bonds is 6. The third kappa shape index (κ3) is 3.86. The number of anilines is 1. The quantitative estimate of drug-likeness (QED) is 0.721. The molecule has 0 aliphatic heterocycles. The first kappa shape index (κ1) is 14.7. The van der Waals surface area contributed by atoms with E-state index in [2.05, 4.69) is 19.9 Å². The summed E-state index contributed by atoms with van der Waals surface area (Å²) in [5, 5.41) is 16.1. The zero-order valence-electron chi connectivity index (χ0n) is 10.6. The molecule has 0 saturated carbocycles. The number of aryl methyl sites for hydroxylation is 2. The molecule has 1 rings (SSSR count). The fraction of sp³-hybridized carbons (Fsp3) is 0.667. The summed E-state index contributed by atoms with van der Waals surface area (Å²) in [6.07, 6.45) is 0.365. The number of hydrogen-bond donors (Lipinski definition) is 2. The van der Waals surface area contributed by atoms with Gasteiger partial charge in [-0.25, -0.2) is 9.71 Å². The highest BCUT2D eigenvalue weighted by Gasteiger charge is 2.18. The van der Waals surface area contributed by atoms with Gasteiger partial charge in [-0.2, -0.15) is 17.8 Å². The second-order valence-corrected chi connectivity index (χ2v) is 5.59. The first-order valence-corrected chi connectivity index (χ1v) is 6.83. The molecule has 0 spiro atoms. The van der Waals surface area contributed by atoms with E-state index in [9.17, 15) is 8.42 Å². The van der Waals surface area contributed by atoms with Gasteiger partial charge in [0.1, 0.15) is 0 Å². The van der Waals surface area contributed by atoms with Gasteiger partial charge < -0.3 is 5.11 Å². The number of hydrogen-bond acceptors (Lipinski definition) is 6. The Labute approximate surface area is 106 Å². The Morgan fingerprint density at radius 3 is 2.50 bits per heavy atom. The van der Waals surface area contributed by atoms with Crippen molar-refractivity contribution in [2.45, 2.75) is 20.3 Å². The number of aliphatic hydroxyl groups excluding tert-OH is 1. The second kappa shape index (κ2) is 6.03. The van der Waals surface area contributed by atoms with Gasteiger partial charge in [-0.3, -0.25) is 0 Å². The van der Waals surface area contributed by atoms with Crippen molar-refractivity contribution in [2.75, 3.05) is 24.9 Å². The molecule has 0 radical (unpaired) electrons. The zero-order valence-corrected chi connectivity index (χ0v) is 11.4. The summed E-state index contributed by atoms with van der Waals surface area (Å²) in [4.78, 5) is 3.98. The van der Waals surface area contributed by atoms with Crippen LogP contribution >= 0.6 is 0 Å². The molecule has 0 amide bonds. The van der Waals surface area contributed by atoms with Crippen molar-refractivity contribution in [3.8, 4) is 0 Å². The molecule has 102 valence electrons. The largest absolute Gasteiger partial charge is 0.396 e. The first-order chi connectivity index (χ1) is 8.36. The average Bonchev–Trinajstić information content (AvgIpc) is 2.30. The lowest BCUT2D eigenvalue weighted by molar-refractivity contribution is 0.276. The lowest BCUT2D eigenvalue weighted by Gasteiger charge is -2.16. The van der Waals surface area contributed by atoms with Gasteiger partial charge in [0.05, 0.1) is 11.4 Å². The van der Waals surface area contributed by atoms with Gasteiger partial charge in [-0.1, -0.05) is 0 Å². The monoisotopic (exact) mass is 275 g/mol. The predicted molar refractivity (Wildman–Crippen MR) is 66.2 cm³/mol. The zero-order chi connectivity index (χ0) is 13.8. The molecule has 1 aromatic heterocycles. The Kier molecular flexibility index (Phi) is 4.93. The first-order valence-electron chi connectivity index (χ1n) is 5.39. The Bertz CT molecular complexity index is 505. The minimum atomic E-state index is -3.71. The number of aliphatic hydroxyl groups is 1. The summed E-state index contributed by atoms with van der Waals surface area (Å²) in [6, 6.07) is 0. The summed E-state index contributed by atoms with van der Waals surface area (Å²) in [7, 11) is -2.30. The SMILES string of the molecule is Cc1nnc(NS(=O)(=O)N(C)CCCO)nc1C. The van der Waals surface area contributed by atoms with Crippen LogP contribution in [0.15, 0.2) is 0 Å². The van der Waals surface area contributed by atoms with Crippen molar-refractivity contribution in [2.24, 2.45) is 0 Å². The molecule has 0 atom stereocenters. The lowest BCUT2D eigenvalue weighted by Crippen LogP contribution is -2.34. The number of nitrogens with zero attached hydrogens (tertiary/aromatic N) is 4. The molecule has 2 N–H and O–H groups in total. The maximum absolute atomic E-state index is 11.8. The molecular formula is C9H17N5O3S. The lowest BCUT2D eigenvalue weighted by atomic mass is 10.4. The molecule has 0 aliphatic carbocycles. The molecule has 0 unspecified atom stereocenters. The predicted octanol–water partition coefficient (Wildman–Crippen LogP) is -0.541. The molecule has 18 heavy (non-hydrogen) atoms. The van der Waals surface area contributed by atoms with Crippen LogP contribution in [0.2, 0.25) is 0 Å². The molecule has 9 heteroatoms. The van der Waals surface area contributed by atoms with Crippen LogP contribution in [0.5, 0.6) is 0 Å². The third-order valence-electron chi connectivity index (χ3n) is 2.35. The molecule has 0 saturated heterocycles. The van der Waals surface area contributed by atoms with Crippen LogP contribution in [0.4, 0.5) is 5.95 Å². The van der Waals surface area contributed by atoms with E-state index in [0.29, 0.717) is 17.8 Å². The molecule has 1 heterocycles. The van der Waals surface area contributed by atoms with Crippen molar-refractivity contribution in [3.05, 3.63) is 11.4 Å². The fourth-order valence-electron chi connectivity index (χ4n) is 1.11. The maximum atomic E-state index is 11.8. The molecule has 0 aromatic carbocycles. The Balaban J connectivity index is 2.78. The Morgan fingerprint density at radius 2 is 1.94 bits per heavy atom. The summed E-state index contributed by atoms with van der Waals surface area (Å²) in [6.45, 7) is 3.60. The maximum Gasteiger partial charge on any atom is 0.303 e. The second-order valence-electron chi connectivity index (χ2n) is 3.81. The standard InChI is InChI=1S/C9H17N5O3S/c1-7-8(2)11-12-9(10-7)13-18(16,17)14(3)5-4-6-15/h15H,4-6H2,1-3H3,(H,10,12,13). The van der Waals surface area contributed by atoms with Gasteiger partial charge in [0, 0.05) is 20.2 Å². The van der Waals surface area contributed by atoms with E-state index in [-0.39, 0.29) is 19.1 Å². The topological polar surface area (TPSA) is 108 Å².